The van der Waals surface area contributed by atoms with Gasteiger partial charge in [-0.1, -0.05) is 30.3 Å². The largest absolute Gasteiger partial charge is 0.378 e. The van der Waals surface area contributed by atoms with Gasteiger partial charge in [0, 0.05) is 45.3 Å². The summed E-state index contributed by atoms with van der Waals surface area (Å²) in [6, 6.07) is 21.6. The van der Waals surface area contributed by atoms with Gasteiger partial charge in [-0.2, -0.15) is 0 Å². The van der Waals surface area contributed by atoms with Crippen molar-refractivity contribution in [3.05, 3.63) is 84.1 Å². The average molecular weight is 360 g/mol. The van der Waals surface area contributed by atoms with Gasteiger partial charge in [0.15, 0.2) is 0 Å². The molecule has 138 valence electrons. The van der Waals surface area contributed by atoms with Crippen molar-refractivity contribution in [1.82, 2.24) is 4.98 Å². The monoisotopic (exact) mass is 360 g/mol. The highest BCUT2D eigenvalue weighted by molar-refractivity contribution is 6.04. The summed E-state index contributed by atoms with van der Waals surface area (Å²) in [5, 5.41) is 2.90. The van der Waals surface area contributed by atoms with E-state index < -0.39 is 0 Å². The summed E-state index contributed by atoms with van der Waals surface area (Å²) in [4.78, 5) is 20.9. The van der Waals surface area contributed by atoms with Crippen LogP contribution in [0, 0.1) is 0 Å². The number of carbonyl (C=O) groups is 1. The van der Waals surface area contributed by atoms with E-state index in [1.165, 1.54) is 5.56 Å². The van der Waals surface area contributed by atoms with Gasteiger partial charge < -0.3 is 15.1 Å². The molecule has 3 aromatic rings. The third-order valence-corrected chi connectivity index (χ3v) is 4.31. The van der Waals surface area contributed by atoms with Gasteiger partial charge in [-0.25, -0.2) is 4.98 Å². The second-order valence-corrected chi connectivity index (χ2v) is 6.64. The lowest BCUT2D eigenvalue weighted by atomic mass is 10.2. The number of benzene rings is 2. The third kappa shape index (κ3) is 4.85. The molecule has 0 atom stereocenters. The number of amides is 1. The van der Waals surface area contributed by atoms with E-state index in [0.717, 1.165) is 23.7 Å². The molecule has 0 saturated heterocycles. The molecule has 0 saturated carbocycles. The topological polar surface area (TPSA) is 48.5 Å². The molecule has 2 aromatic carbocycles. The van der Waals surface area contributed by atoms with Crippen LogP contribution in [-0.2, 0) is 6.54 Å². The van der Waals surface area contributed by atoms with Crippen LogP contribution in [0.25, 0.3) is 0 Å². The zero-order valence-corrected chi connectivity index (χ0v) is 15.9. The fourth-order valence-electron chi connectivity index (χ4n) is 2.73. The molecule has 0 aliphatic rings. The molecule has 0 aliphatic heterocycles. The SMILES string of the molecule is CN(C)c1ccc(NC(=O)c2ccc(N(C)Cc3ccccc3)nc2)cc1. The summed E-state index contributed by atoms with van der Waals surface area (Å²) in [6.07, 6.45) is 1.61. The summed E-state index contributed by atoms with van der Waals surface area (Å²) in [7, 11) is 5.95. The molecule has 3 rings (SSSR count). The van der Waals surface area contributed by atoms with Crippen LogP contribution >= 0.6 is 0 Å². The minimum atomic E-state index is -0.169. The van der Waals surface area contributed by atoms with Gasteiger partial charge in [0.1, 0.15) is 5.82 Å². The second-order valence-electron chi connectivity index (χ2n) is 6.64. The Bertz CT molecular complexity index is 874. The minimum absolute atomic E-state index is 0.169. The van der Waals surface area contributed by atoms with E-state index >= 15 is 0 Å². The number of hydrogen-bond acceptors (Lipinski definition) is 4. The molecule has 1 heterocycles. The Kier molecular flexibility index (Phi) is 5.71. The highest BCUT2D eigenvalue weighted by atomic mass is 16.1. The molecule has 5 heteroatoms. The number of anilines is 3. The Morgan fingerprint density at radius 2 is 1.63 bits per heavy atom. The summed E-state index contributed by atoms with van der Waals surface area (Å²) in [6.45, 7) is 0.762. The van der Waals surface area contributed by atoms with Crippen molar-refractivity contribution < 1.29 is 4.79 Å². The van der Waals surface area contributed by atoms with Gasteiger partial charge in [-0.3, -0.25) is 4.79 Å². The fraction of sp³-hybridized carbons (Fsp3) is 0.182. The van der Waals surface area contributed by atoms with Gasteiger partial charge in [-0.15, -0.1) is 0 Å². The molecule has 0 spiro atoms. The van der Waals surface area contributed by atoms with Gasteiger partial charge in [0.2, 0.25) is 0 Å². The van der Waals surface area contributed by atoms with E-state index in [1.54, 1.807) is 12.3 Å². The predicted octanol–water partition coefficient (Wildman–Crippen LogP) is 4.04. The Labute approximate surface area is 160 Å². The molecule has 1 aromatic heterocycles. The Morgan fingerprint density at radius 3 is 2.22 bits per heavy atom. The van der Waals surface area contributed by atoms with E-state index in [-0.39, 0.29) is 5.91 Å². The smallest absolute Gasteiger partial charge is 0.257 e. The number of nitrogens with zero attached hydrogens (tertiary/aromatic N) is 3. The van der Waals surface area contributed by atoms with Crippen LogP contribution in [0.2, 0.25) is 0 Å². The van der Waals surface area contributed by atoms with E-state index in [1.807, 2.05) is 74.6 Å². The number of nitrogens with one attached hydrogen (secondary N) is 1. The first-order chi connectivity index (χ1) is 13.0. The van der Waals surface area contributed by atoms with Crippen molar-refractivity contribution in [3.63, 3.8) is 0 Å². The molecule has 0 radical (unpaired) electrons. The van der Waals surface area contributed by atoms with Crippen LogP contribution in [0.15, 0.2) is 72.9 Å². The van der Waals surface area contributed by atoms with Crippen molar-refractivity contribution >= 4 is 23.1 Å². The quantitative estimate of drug-likeness (QED) is 0.721. The number of carbonyl (C=O) groups excluding carboxylic acids is 1. The molecule has 5 nitrogen and oxygen atoms in total. The lowest BCUT2D eigenvalue weighted by Crippen LogP contribution is -2.18. The number of rotatable bonds is 6. The highest BCUT2D eigenvalue weighted by Crippen LogP contribution is 2.17. The van der Waals surface area contributed by atoms with E-state index in [9.17, 15) is 4.79 Å². The van der Waals surface area contributed by atoms with E-state index in [2.05, 4.69) is 27.3 Å². The first kappa shape index (κ1) is 18.5. The molecule has 0 fully saturated rings. The van der Waals surface area contributed by atoms with Crippen LogP contribution in [0.3, 0.4) is 0 Å². The van der Waals surface area contributed by atoms with Crippen molar-refractivity contribution in [2.45, 2.75) is 6.54 Å². The molecular weight excluding hydrogens is 336 g/mol. The van der Waals surface area contributed by atoms with Gasteiger partial charge in [-0.05, 0) is 42.0 Å². The number of pyridine rings is 1. The zero-order valence-electron chi connectivity index (χ0n) is 15.9. The lowest BCUT2D eigenvalue weighted by Gasteiger charge is -2.18. The Morgan fingerprint density at radius 1 is 0.926 bits per heavy atom. The van der Waals surface area contributed by atoms with E-state index in [0.29, 0.717) is 5.56 Å². The average Bonchev–Trinajstić information content (AvgIpc) is 2.69. The maximum atomic E-state index is 12.4. The third-order valence-electron chi connectivity index (χ3n) is 4.31. The molecule has 1 amide bonds. The number of hydrogen-bond donors (Lipinski definition) is 1. The van der Waals surface area contributed by atoms with Gasteiger partial charge >= 0.3 is 0 Å². The lowest BCUT2D eigenvalue weighted by molar-refractivity contribution is 0.102. The van der Waals surface area contributed by atoms with Crippen LogP contribution in [0.5, 0.6) is 0 Å². The maximum absolute atomic E-state index is 12.4. The summed E-state index contributed by atoms with van der Waals surface area (Å²) in [5.74, 6) is 0.656. The normalized spacial score (nSPS) is 10.3. The highest BCUT2D eigenvalue weighted by Gasteiger charge is 2.09. The molecule has 27 heavy (non-hydrogen) atoms. The second kappa shape index (κ2) is 8.36. The summed E-state index contributed by atoms with van der Waals surface area (Å²) >= 11 is 0. The van der Waals surface area contributed by atoms with Crippen molar-refractivity contribution in [1.29, 1.82) is 0 Å². The Balaban J connectivity index is 1.63. The summed E-state index contributed by atoms with van der Waals surface area (Å²) in [5.41, 5.74) is 3.59. The maximum Gasteiger partial charge on any atom is 0.257 e. The van der Waals surface area contributed by atoms with Crippen LogP contribution in [-0.4, -0.2) is 32.0 Å². The molecule has 0 aliphatic carbocycles. The molecule has 1 N–H and O–H groups in total. The molecule has 0 bridgehead atoms. The minimum Gasteiger partial charge on any atom is -0.378 e. The number of aromatic nitrogens is 1. The van der Waals surface area contributed by atoms with Crippen LogP contribution in [0.1, 0.15) is 15.9 Å². The van der Waals surface area contributed by atoms with Crippen molar-refractivity contribution in [2.75, 3.05) is 36.3 Å². The predicted molar refractivity (Wildman–Crippen MR) is 112 cm³/mol. The standard InChI is InChI=1S/C22H24N4O/c1-25(2)20-12-10-19(11-13-20)24-22(27)18-9-14-21(23-15-18)26(3)16-17-7-5-4-6-8-17/h4-15H,16H2,1-3H3,(H,24,27). The van der Waals surface area contributed by atoms with Crippen molar-refractivity contribution in [2.24, 2.45) is 0 Å². The van der Waals surface area contributed by atoms with Gasteiger partial charge in [0.25, 0.3) is 5.91 Å². The first-order valence-electron chi connectivity index (χ1n) is 8.83. The van der Waals surface area contributed by atoms with Gasteiger partial charge in [0.05, 0.1) is 5.56 Å². The van der Waals surface area contributed by atoms with E-state index in [4.69, 9.17) is 0 Å². The first-order valence-corrected chi connectivity index (χ1v) is 8.83. The van der Waals surface area contributed by atoms with Crippen LogP contribution < -0.4 is 15.1 Å². The molecule has 0 unspecified atom stereocenters. The fourth-order valence-corrected chi connectivity index (χ4v) is 2.73. The Hall–Kier alpha value is -3.34. The van der Waals surface area contributed by atoms with Crippen molar-refractivity contribution in [3.8, 4) is 0 Å². The zero-order chi connectivity index (χ0) is 19.2. The summed E-state index contributed by atoms with van der Waals surface area (Å²) < 4.78 is 0. The molecular formula is C22H24N4O. The van der Waals surface area contributed by atoms with Crippen LogP contribution in [0.4, 0.5) is 17.2 Å².